The first-order valence-electron chi connectivity index (χ1n) is 13.3. The van der Waals surface area contributed by atoms with Crippen molar-refractivity contribution in [3.63, 3.8) is 0 Å². The first kappa shape index (κ1) is 20.5. The van der Waals surface area contributed by atoms with Gasteiger partial charge in [0.2, 0.25) is 0 Å². The quantitative estimate of drug-likeness (QED) is 0.543. The van der Waals surface area contributed by atoms with Crippen molar-refractivity contribution in [2.45, 2.75) is 110 Å². The average molecular weight is 417 g/mol. The van der Waals surface area contributed by atoms with Crippen molar-refractivity contribution in [1.82, 2.24) is 0 Å². The molecule has 0 bridgehead atoms. The van der Waals surface area contributed by atoms with E-state index in [2.05, 4.69) is 27.7 Å². The standard InChI is InChI=1S/C27H44O3/c1-16-7-12-27(29-15-16)17(2)24-23(30-27)14-22-20-6-5-18-13-19(28)8-10-25(18,3)21(20)9-11-26(22,24)4/h16-24,28H,5-15H2,1-4H3/t16?,17-,18-,19-,20+,21-,22-,23-,24-,25-,26-,27?/m0/s1. The highest BCUT2D eigenvalue weighted by Gasteiger charge is 2.69. The molecule has 3 heteroatoms. The number of aliphatic hydroxyl groups excluding tert-OH is 1. The second kappa shape index (κ2) is 6.70. The van der Waals surface area contributed by atoms with Crippen LogP contribution in [0.1, 0.15) is 91.9 Å². The molecule has 0 aromatic rings. The van der Waals surface area contributed by atoms with Crippen LogP contribution < -0.4 is 0 Å². The van der Waals surface area contributed by atoms with Gasteiger partial charge in [-0.3, -0.25) is 0 Å². The molecule has 2 heterocycles. The highest BCUT2D eigenvalue weighted by atomic mass is 16.7. The number of fused-ring (bicyclic) bond motifs is 7. The van der Waals surface area contributed by atoms with Crippen molar-refractivity contribution in [2.75, 3.05) is 6.61 Å². The maximum absolute atomic E-state index is 10.3. The van der Waals surface area contributed by atoms with E-state index in [1.807, 2.05) is 0 Å². The molecule has 4 aliphatic carbocycles. The smallest absolute Gasteiger partial charge is 0.171 e. The molecule has 2 aliphatic heterocycles. The van der Waals surface area contributed by atoms with E-state index in [0.29, 0.717) is 34.7 Å². The van der Waals surface area contributed by atoms with Crippen LogP contribution in [0.15, 0.2) is 0 Å². The van der Waals surface area contributed by atoms with Crippen LogP contribution in [0.4, 0.5) is 0 Å². The van der Waals surface area contributed by atoms with Crippen molar-refractivity contribution < 1.29 is 14.6 Å². The van der Waals surface area contributed by atoms with Crippen LogP contribution in [-0.4, -0.2) is 29.7 Å². The summed E-state index contributed by atoms with van der Waals surface area (Å²) in [7, 11) is 0. The summed E-state index contributed by atoms with van der Waals surface area (Å²) in [4.78, 5) is 0. The highest BCUT2D eigenvalue weighted by molar-refractivity contribution is 5.15. The lowest BCUT2D eigenvalue weighted by Gasteiger charge is -2.61. The predicted molar refractivity (Wildman–Crippen MR) is 118 cm³/mol. The lowest BCUT2D eigenvalue weighted by atomic mass is 9.44. The van der Waals surface area contributed by atoms with E-state index in [-0.39, 0.29) is 11.9 Å². The molecule has 12 atom stereocenters. The fourth-order valence-corrected chi connectivity index (χ4v) is 10.3. The van der Waals surface area contributed by atoms with Gasteiger partial charge in [0.25, 0.3) is 0 Å². The van der Waals surface area contributed by atoms with E-state index in [1.165, 1.54) is 44.9 Å². The van der Waals surface area contributed by atoms with Gasteiger partial charge in [-0.1, -0.05) is 27.7 Å². The summed E-state index contributed by atoms with van der Waals surface area (Å²) >= 11 is 0. The van der Waals surface area contributed by atoms with E-state index in [9.17, 15) is 5.11 Å². The summed E-state index contributed by atoms with van der Waals surface area (Å²) in [5.74, 6) is 4.93. The Labute approximate surface area is 183 Å². The van der Waals surface area contributed by atoms with Gasteiger partial charge in [-0.2, -0.15) is 0 Å². The SMILES string of the molecule is CC1CCC2(OC1)O[C@H]1C[C@H]3[C@@H]4CC[C@H]5C[C@@H](O)CC[C@]5(C)[C@H]4CC[C@]3(C)[C@H]1[C@@H]2C. The Morgan fingerprint density at radius 1 is 0.833 bits per heavy atom. The van der Waals surface area contributed by atoms with Crippen molar-refractivity contribution in [3.05, 3.63) is 0 Å². The number of hydrogen-bond acceptors (Lipinski definition) is 3. The number of ether oxygens (including phenoxy) is 2. The minimum absolute atomic E-state index is 0.0389. The Kier molecular flexibility index (Phi) is 4.58. The summed E-state index contributed by atoms with van der Waals surface area (Å²) in [5, 5.41) is 10.3. The largest absolute Gasteiger partial charge is 0.393 e. The third-order valence-corrected chi connectivity index (χ3v) is 11.9. The molecule has 0 radical (unpaired) electrons. The molecule has 3 nitrogen and oxygen atoms in total. The average Bonchev–Trinajstić information content (AvgIpc) is 3.16. The summed E-state index contributed by atoms with van der Waals surface area (Å²) in [6.45, 7) is 10.9. The molecular formula is C27H44O3. The van der Waals surface area contributed by atoms with Gasteiger partial charge in [0.1, 0.15) is 0 Å². The van der Waals surface area contributed by atoms with Crippen molar-refractivity contribution in [1.29, 1.82) is 0 Å². The van der Waals surface area contributed by atoms with Crippen LogP contribution in [0.5, 0.6) is 0 Å². The van der Waals surface area contributed by atoms with Gasteiger partial charge in [0, 0.05) is 12.3 Å². The fourth-order valence-electron chi connectivity index (χ4n) is 10.3. The zero-order chi connectivity index (χ0) is 20.9. The molecular weight excluding hydrogens is 372 g/mol. The second-order valence-corrected chi connectivity index (χ2v) is 13.1. The Bertz CT molecular complexity index is 684. The van der Waals surface area contributed by atoms with Gasteiger partial charge in [-0.25, -0.2) is 0 Å². The molecule has 0 amide bonds. The van der Waals surface area contributed by atoms with Crippen molar-refractivity contribution in [2.24, 2.45) is 52.3 Å². The van der Waals surface area contributed by atoms with Crippen LogP contribution >= 0.6 is 0 Å². The minimum atomic E-state index is -0.282. The molecule has 6 rings (SSSR count). The van der Waals surface area contributed by atoms with E-state index in [1.54, 1.807) is 0 Å². The van der Waals surface area contributed by atoms with Crippen LogP contribution in [-0.2, 0) is 9.47 Å². The summed E-state index contributed by atoms with van der Waals surface area (Å²) in [5.41, 5.74) is 0.899. The Balaban J connectivity index is 1.26. The topological polar surface area (TPSA) is 38.7 Å². The van der Waals surface area contributed by atoms with Crippen molar-refractivity contribution in [3.8, 4) is 0 Å². The Morgan fingerprint density at radius 2 is 1.63 bits per heavy atom. The minimum Gasteiger partial charge on any atom is -0.393 e. The molecule has 1 N–H and O–H groups in total. The molecule has 170 valence electrons. The molecule has 0 aromatic carbocycles. The number of hydrogen-bond donors (Lipinski definition) is 1. The van der Waals surface area contributed by atoms with Gasteiger partial charge in [0.05, 0.1) is 18.8 Å². The third-order valence-electron chi connectivity index (χ3n) is 11.9. The summed E-state index contributed by atoms with van der Waals surface area (Å²) < 4.78 is 13.4. The predicted octanol–water partition coefficient (Wildman–Crippen LogP) is 5.79. The van der Waals surface area contributed by atoms with E-state index < -0.39 is 0 Å². The molecule has 2 unspecified atom stereocenters. The summed E-state index contributed by atoms with van der Waals surface area (Å²) in [6.07, 6.45) is 12.9. The van der Waals surface area contributed by atoms with Crippen LogP contribution in [0.25, 0.3) is 0 Å². The molecule has 1 spiro atoms. The molecule has 30 heavy (non-hydrogen) atoms. The zero-order valence-electron chi connectivity index (χ0n) is 19.7. The summed E-state index contributed by atoms with van der Waals surface area (Å²) in [6, 6.07) is 0. The molecule has 6 aliphatic rings. The Morgan fingerprint density at radius 3 is 2.40 bits per heavy atom. The Hall–Kier alpha value is -0.120. The van der Waals surface area contributed by atoms with Gasteiger partial charge < -0.3 is 14.6 Å². The van der Waals surface area contributed by atoms with E-state index in [0.717, 1.165) is 49.5 Å². The maximum atomic E-state index is 10.3. The van der Waals surface area contributed by atoms with E-state index in [4.69, 9.17) is 9.47 Å². The number of rotatable bonds is 0. The fraction of sp³-hybridized carbons (Fsp3) is 1.00. The molecule has 0 aromatic heterocycles. The van der Waals surface area contributed by atoms with Crippen LogP contribution in [0.3, 0.4) is 0 Å². The third kappa shape index (κ3) is 2.61. The van der Waals surface area contributed by atoms with Crippen LogP contribution in [0.2, 0.25) is 0 Å². The zero-order valence-corrected chi connectivity index (χ0v) is 19.7. The van der Waals surface area contributed by atoms with E-state index >= 15 is 0 Å². The normalized spacial score (nSPS) is 62.5. The van der Waals surface area contributed by atoms with Crippen molar-refractivity contribution >= 4 is 0 Å². The maximum Gasteiger partial charge on any atom is 0.171 e. The molecule has 2 saturated heterocycles. The first-order valence-corrected chi connectivity index (χ1v) is 13.3. The second-order valence-electron chi connectivity index (χ2n) is 13.1. The molecule has 6 fully saturated rings. The van der Waals surface area contributed by atoms with Gasteiger partial charge >= 0.3 is 0 Å². The lowest BCUT2D eigenvalue weighted by Crippen LogP contribution is -2.55. The lowest BCUT2D eigenvalue weighted by molar-refractivity contribution is -0.273. The highest BCUT2D eigenvalue weighted by Crippen LogP contribution is 2.71. The van der Waals surface area contributed by atoms with Gasteiger partial charge in [0.15, 0.2) is 5.79 Å². The van der Waals surface area contributed by atoms with Gasteiger partial charge in [-0.05, 0) is 104 Å². The van der Waals surface area contributed by atoms with Crippen LogP contribution in [0, 0.1) is 52.3 Å². The molecule has 4 saturated carbocycles. The monoisotopic (exact) mass is 416 g/mol. The first-order chi connectivity index (χ1) is 14.3. The van der Waals surface area contributed by atoms with Gasteiger partial charge in [-0.15, -0.1) is 0 Å². The number of aliphatic hydroxyl groups is 1.